The highest BCUT2D eigenvalue weighted by atomic mass is 32.2. The summed E-state index contributed by atoms with van der Waals surface area (Å²) in [6.45, 7) is 4.40. The van der Waals surface area contributed by atoms with Gasteiger partial charge in [0.1, 0.15) is 5.82 Å². The van der Waals surface area contributed by atoms with E-state index < -0.39 is 10.0 Å². The van der Waals surface area contributed by atoms with Gasteiger partial charge in [-0.1, -0.05) is 6.92 Å². The number of hydrogen-bond donors (Lipinski definition) is 2. The number of sulfonamides is 1. The molecular formula is C12H18N4O2S. The second-order valence-corrected chi connectivity index (χ2v) is 6.30. The number of fused-ring (bicyclic) bond motifs is 1. The molecule has 19 heavy (non-hydrogen) atoms. The number of nitrogens with zero attached hydrogens (tertiary/aromatic N) is 2. The number of imidazole rings is 1. The van der Waals surface area contributed by atoms with Gasteiger partial charge in [0.05, 0.1) is 16.8 Å². The van der Waals surface area contributed by atoms with E-state index in [1.165, 1.54) is 0 Å². The highest BCUT2D eigenvalue weighted by Crippen LogP contribution is 2.18. The summed E-state index contributed by atoms with van der Waals surface area (Å²) in [5, 5.41) is 0. The Hall–Kier alpha value is -1.60. The Morgan fingerprint density at radius 1 is 1.42 bits per heavy atom. The summed E-state index contributed by atoms with van der Waals surface area (Å²) in [6.07, 6.45) is 0. The molecule has 7 heteroatoms. The molecule has 2 aromatic rings. The lowest BCUT2D eigenvalue weighted by Crippen LogP contribution is -2.28. The third-order valence-electron chi connectivity index (χ3n) is 2.91. The first-order chi connectivity index (χ1) is 8.93. The lowest BCUT2D eigenvalue weighted by atomic mass is 10.3. The summed E-state index contributed by atoms with van der Waals surface area (Å²) >= 11 is 0. The van der Waals surface area contributed by atoms with Gasteiger partial charge in [0.25, 0.3) is 0 Å². The fourth-order valence-electron chi connectivity index (χ4n) is 2.05. The highest BCUT2D eigenvalue weighted by Gasteiger charge is 2.12. The zero-order valence-electron chi connectivity index (χ0n) is 11.0. The van der Waals surface area contributed by atoms with Crippen LogP contribution in [0.25, 0.3) is 11.0 Å². The fourth-order valence-corrected chi connectivity index (χ4v) is 3.06. The number of benzene rings is 1. The van der Waals surface area contributed by atoms with Gasteiger partial charge in [-0.15, -0.1) is 0 Å². The SMILES string of the molecule is CCNS(=O)(=O)CCn1c(C)nc2cc(N)ccc21. The van der Waals surface area contributed by atoms with Gasteiger partial charge in [0, 0.05) is 18.8 Å². The minimum Gasteiger partial charge on any atom is -0.399 e. The van der Waals surface area contributed by atoms with E-state index in [0.717, 1.165) is 16.9 Å². The Kier molecular flexibility index (Phi) is 3.77. The van der Waals surface area contributed by atoms with E-state index in [2.05, 4.69) is 9.71 Å². The number of anilines is 1. The van der Waals surface area contributed by atoms with Crippen LogP contribution >= 0.6 is 0 Å². The maximum absolute atomic E-state index is 11.7. The summed E-state index contributed by atoms with van der Waals surface area (Å²) in [6, 6.07) is 5.45. The van der Waals surface area contributed by atoms with Gasteiger partial charge < -0.3 is 10.3 Å². The minimum atomic E-state index is -3.22. The van der Waals surface area contributed by atoms with Crippen molar-refractivity contribution in [3.05, 3.63) is 24.0 Å². The van der Waals surface area contributed by atoms with Crippen LogP contribution in [0.15, 0.2) is 18.2 Å². The molecule has 0 bridgehead atoms. The molecule has 1 aromatic carbocycles. The molecule has 0 atom stereocenters. The van der Waals surface area contributed by atoms with Crippen molar-refractivity contribution in [1.82, 2.24) is 14.3 Å². The molecule has 1 heterocycles. The molecule has 0 saturated heterocycles. The minimum absolute atomic E-state index is 0.0392. The summed E-state index contributed by atoms with van der Waals surface area (Å²) < 4.78 is 27.7. The van der Waals surface area contributed by atoms with Gasteiger partial charge in [-0.25, -0.2) is 18.1 Å². The van der Waals surface area contributed by atoms with Crippen LogP contribution in [-0.2, 0) is 16.6 Å². The van der Waals surface area contributed by atoms with Crippen molar-refractivity contribution in [2.24, 2.45) is 0 Å². The van der Waals surface area contributed by atoms with Crippen molar-refractivity contribution >= 4 is 26.7 Å². The lowest BCUT2D eigenvalue weighted by Gasteiger charge is -2.08. The Bertz CT molecular complexity index is 691. The number of nitrogens with two attached hydrogens (primary N) is 1. The molecule has 0 aliphatic heterocycles. The molecule has 0 unspecified atom stereocenters. The number of nitrogens with one attached hydrogen (secondary N) is 1. The molecule has 0 aliphatic carbocycles. The summed E-state index contributed by atoms with van der Waals surface area (Å²) in [7, 11) is -3.22. The topological polar surface area (TPSA) is 90.0 Å². The molecule has 1 aromatic heterocycles. The molecule has 3 N–H and O–H groups in total. The van der Waals surface area contributed by atoms with Crippen molar-refractivity contribution in [1.29, 1.82) is 0 Å². The molecule has 0 aliphatic rings. The Balaban J connectivity index is 2.28. The fraction of sp³-hybridized carbons (Fsp3) is 0.417. The summed E-state index contributed by atoms with van der Waals surface area (Å²) in [5.41, 5.74) is 8.05. The second-order valence-electron chi connectivity index (χ2n) is 4.38. The number of aryl methyl sites for hydroxylation is 2. The first kappa shape index (κ1) is 13.8. The van der Waals surface area contributed by atoms with Crippen molar-refractivity contribution in [3.8, 4) is 0 Å². The first-order valence-corrected chi connectivity index (χ1v) is 7.78. The van der Waals surface area contributed by atoms with Gasteiger partial charge in [-0.3, -0.25) is 0 Å². The Morgan fingerprint density at radius 2 is 2.16 bits per heavy atom. The number of rotatable bonds is 5. The molecule has 6 nitrogen and oxygen atoms in total. The van der Waals surface area contributed by atoms with Crippen LogP contribution < -0.4 is 10.5 Å². The standard InChI is InChI=1S/C12H18N4O2S/c1-3-14-19(17,18)7-6-16-9(2)15-11-8-10(13)4-5-12(11)16/h4-5,8,14H,3,6-7,13H2,1-2H3. The molecule has 0 spiro atoms. The van der Waals surface area contributed by atoms with Crippen LogP contribution in [0.2, 0.25) is 0 Å². The van der Waals surface area contributed by atoms with Crippen molar-refractivity contribution in [2.45, 2.75) is 20.4 Å². The van der Waals surface area contributed by atoms with Gasteiger partial charge >= 0.3 is 0 Å². The van der Waals surface area contributed by atoms with Crippen LogP contribution in [-0.4, -0.2) is 30.3 Å². The number of aromatic nitrogens is 2. The van der Waals surface area contributed by atoms with Crippen molar-refractivity contribution < 1.29 is 8.42 Å². The van der Waals surface area contributed by atoms with Gasteiger partial charge in [-0.2, -0.15) is 0 Å². The van der Waals surface area contributed by atoms with Gasteiger partial charge in [0.2, 0.25) is 10.0 Å². The molecule has 104 valence electrons. The largest absolute Gasteiger partial charge is 0.399 e. The van der Waals surface area contributed by atoms with E-state index in [1.807, 2.05) is 17.6 Å². The molecule has 0 radical (unpaired) electrons. The van der Waals surface area contributed by atoms with Crippen LogP contribution in [0, 0.1) is 6.92 Å². The zero-order valence-corrected chi connectivity index (χ0v) is 11.9. The molecular weight excluding hydrogens is 264 g/mol. The van der Waals surface area contributed by atoms with Crippen LogP contribution in [0.3, 0.4) is 0 Å². The number of hydrogen-bond acceptors (Lipinski definition) is 4. The Labute approximate surface area is 112 Å². The highest BCUT2D eigenvalue weighted by molar-refractivity contribution is 7.89. The Morgan fingerprint density at radius 3 is 2.84 bits per heavy atom. The molecule has 2 rings (SSSR count). The molecule has 0 saturated carbocycles. The smallest absolute Gasteiger partial charge is 0.213 e. The van der Waals surface area contributed by atoms with E-state index >= 15 is 0 Å². The molecule has 0 amide bonds. The van der Waals surface area contributed by atoms with Gasteiger partial charge in [0.15, 0.2) is 0 Å². The quantitative estimate of drug-likeness (QED) is 0.796. The second kappa shape index (κ2) is 5.18. The third-order valence-corrected chi connectivity index (χ3v) is 4.36. The predicted molar refractivity (Wildman–Crippen MR) is 76.3 cm³/mol. The normalized spacial score (nSPS) is 12.1. The average Bonchev–Trinajstić information content (AvgIpc) is 2.61. The summed E-state index contributed by atoms with van der Waals surface area (Å²) in [4.78, 5) is 4.39. The average molecular weight is 282 g/mol. The van der Waals surface area contributed by atoms with Gasteiger partial charge in [-0.05, 0) is 25.1 Å². The lowest BCUT2D eigenvalue weighted by molar-refractivity contribution is 0.577. The number of nitrogen functional groups attached to an aromatic ring is 1. The van der Waals surface area contributed by atoms with Crippen LogP contribution in [0.1, 0.15) is 12.7 Å². The van der Waals surface area contributed by atoms with E-state index in [-0.39, 0.29) is 5.75 Å². The zero-order chi connectivity index (χ0) is 14.0. The monoisotopic (exact) mass is 282 g/mol. The molecule has 0 fully saturated rings. The van der Waals surface area contributed by atoms with E-state index in [1.54, 1.807) is 19.1 Å². The van der Waals surface area contributed by atoms with Crippen molar-refractivity contribution in [2.75, 3.05) is 18.0 Å². The van der Waals surface area contributed by atoms with E-state index in [0.29, 0.717) is 18.8 Å². The van der Waals surface area contributed by atoms with Crippen LogP contribution in [0.4, 0.5) is 5.69 Å². The van der Waals surface area contributed by atoms with E-state index in [4.69, 9.17) is 5.73 Å². The van der Waals surface area contributed by atoms with Crippen LogP contribution in [0.5, 0.6) is 0 Å². The maximum atomic E-state index is 11.7. The third kappa shape index (κ3) is 3.05. The maximum Gasteiger partial charge on any atom is 0.213 e. The van der Waals surface area contributed by atoms with Crippen molar-refractivity contribution in [3.63, 3.8) is 0 Å². The first-order valence-electron chi connectivity index (χ1n) is 6.12. The predicted octanol–water partition coefficient (Wildman–Crippen LogP) is 0.866. The van der Waals surface area contributed by atoms with E-state index in [9.17, 15) is 8.42 Å². The summed E-state index contributed by atoms with van der Waals surface area (Å²) in [5.74, 6) is 0.824.